The molecule has 1 aliphatic heterocycles. The third kappa shape index (κ3) is 5.49. The molecule has 0 spiro atoms. The van der Waals surface area contributed by atoms with Gasteiger partial charge in [0.15, 0.2) is 0 Å². The molecular weight excluding hydrogens is 276 g/mol. The summed E-state index contributed by atoms with van der Waals surface area (Å²) >= 11 is 0. The number of hydrogen-bond acceptors (Lipinski definition) is 3. The van der Waals surface area contributed by atoms with Crippen molar-refractivity contribution in [2.75, 3.05) is 19.8 Å². The molecule has 0 bridgehead atoms. The minimum atomic E-state index is -0.470. The number of halogens is 1. The normalized spacial score (nSPS) is 17.1. The largest absolute Gasteiger partial charge is 0.381 e. The van der Waals surface area contributed by atoms with Gasteiger partial charge in [-0.1, -0.05) is 30.3 Å². The molecular formula is C15H23ClN2O2. The van der Waals surface area contributed by atoms with Gasteiger partial charge in [-0.2, -0.15) is 0 Å². The van der Waals surface area contributed by atoms with Crippen LogP contribution in [0.5, 0.6) is 0 Å². The van der Waals surface area contributed by atoms with E-state index < -0.39 is 6.04 Å². The van der Waals surface area contributed by atoms with Crippen molar-refractivity contribution in [2.45, 2.75) is 25.3 Å². The number of ether oxygens (including phenoxy) is 1. The summed E-state index contributed by atoms with van der Waals surface area (Å²) in [6, 6.07) is 9.39. The predicted molar refractivity (Wildman–Crippen MR) is 81.9 cm³/mol. The summed E-state index contributed by atoms with van der Waals surface area (Å²) in [7, 11) is 0. The lowest BCUT2D eigenvalue weighted by Gasteiger charge is -2.23. The van der Waals surface area contributed by atoms with Crippen LogP contribution in [0.25, 0.3) is 0 Å². The maximum absolute atomic E-state index is 11.9. The molecule has 20 heavy (non-hydrogen) atoms. The van der Waals surface area contributed by atoms with Crippen LogP contribution in [0, 0.1) is 5.92 Å². The Morgan fingerprint density at radius 1 is 1.30 bits per heavy atom. The Hall–Kier alpha value is -1.10. The Morgan fingerprint density at radius 3 is 2.60 bits per heavy atom. The summed E-state index contributed by atoms with van der Waals surface area (Å²) in [5, 5.41) is 2.95. The first-order valence-corrected chi connectivity index (χ1v) is 6.90. The third-order valence-electron chi connectivity index (χ3n) is 3.54. The van der Waals surface area contributed by atoms with E-state index in [1.807, 2.05) is 30.3 Å². The van der Waals surface area contributed by atoms with Crippen LogP contribution < -0.4 is 11.1 Å². The van der Waals surface area contributed by atoms with Crippen LogP contribution in [0.2, 0.25) is 0 Å². The van der Waals surface area contributed by atoms with E-state index in [0.717, 1.165) is 31.6 Å². The smallest absolute Gasteiger partial charge is 0.237 e. The summed E-state index contributed by atoms with van der Waals surface area (Å²) in [6.45, 7) is 2.32. The van der Waals surface area contributed by atoms with Crippen LogP contribution >= 0.6 is 12.4 Å². The number of nitrogens with one attached hydrogen (secondary N) is 1. The molecule has 1 aromatic rings. The molecule has 112 valence electrons. The Bertz CT molecular complexity index is 394. The fourth-order valence-electron chi connectivity index (χ4n) is 2.29. The summed E-state index contributed by atoms with van der Waals surface area (Å²) in [5.74, 6) is 0.469. The predicted octanol–water partition coefficient (Wildman–Crippen LogP) is 1.52. The number of nitrogens with two attached hydrogens (primary N) is 1. The Morgan fingerprint density at radius 2 is 1.95 bits per heavy atom. The SMILES string of the molecule is Cl.N[C@@H](Cc1ccccc1)C(=O)NCC1CCOCC1. The van der Waals surface area contributed by atoms with Crippen molar-refractivity contribution in [1.82, 2.24) is 5.32 Å². The average molecular weight is 299 g/mol. The molecule has 1 heterocycles. The molecule has 5 heteroatoms. The van der Waals surface area contributed by atoms with E-state index in [2.05, 4.69) is 5.32 Å². The van der Waals surface area contributed by atoms with Crippen molar-refractivity contribution in [3.63, 3.8) is 0 Å². The van der Waals surface area contributed by atoms with E-state index in [-0.39, 0.29) is 18.3 Å². The summed E-state index contributed by atoms with van der Waals surface area (Å²) in [4.78, 5) is 11.9. The van der Waals surface area contributed by atoms with Gasteiger partial charge in [-0.05, 0) is 30.7 Å². The topological polar surface area (TPSA) is 64.4 Å². The standard InChI is InChI=1S/C15H22N2O2.ClH/c16-14(10-12-4-2-1-3-5-12)15(18)17-11-13-6-8-19-9-7-13;/h1-5,13-14H,6-11,16H2,(H,17,18);1H/t14-;/m0./s1. The maximum atomic E-state index is 11.9. The number of carbonyl (C=O) groups excluding carboxylic acids is 1. The van der Waals surface area contributed by atoms with Crippen LogP contribution in [-0.2, 0) is 16.0 Å². The first-order chi connectivity index (χ1) is 9.25. The second-order valence-electron chi connectivity index (χ2n) is 5.10. The third-order valence-corrected chi connectivity index (χ3v) is 3.54. The van der Waals surface area contributed by atoms with Crippen LogP contribution in [0.3, 0.4) is 0 Å². The van der Waals surface area contributed by atoms with Crippen LogP contribution in [-0.4, -0.2) is 31.7 Å². The Balaban J connectivity index is 0.00000200. The van der Waals surface area contributed by atoms with E-state index >= 15 is 0 Å². The molecule has 2 rings (SSSR count). The summed E-state index contributed by atoms with van der Waals surface area (Å²) in [5.41, 5.74) is 7.02. The van der Waals surface area contributed by atoms with Crippen LogP contribution in [0.15, 0.2) is 30.3 Å². The van der Waals surface area contributed by atoms with Gasteiger partial charge in [0, 0.05) is 19.8 Å². The highest BCUT2D eigenvalue weighted by atomic mass is 35.5. The van der Waals surface area contributed by atoms with Gasteiger partial charge < -0.3 is 15.8 Å². The number of amides is 1. The van der Waals surface area contributed by atoms with Gasteiger partial charge >= 0.3 is 0 Å². The van der Waals surface area contributed by atoms with E-state index in [1.165, 1.54) is 0 Å². The molecule has 1 atom stereocenters. The van der Waals surface area contributed by atoms with Gasteiger partial charge in [-0.15, -0.1) is 12.4 Å². The van der Waals surface area contributed by atoms with E-state index in [1.54, 1.807) is 0 Å². The first kappa shape index (κ1) is 17.0. The average Bonchev–Trinajstić information content (AvgIpc) is 2.47. The fraction of sp³-hybridized carbons (Fsp3) is 0.533. The molecule has 1 fully saturated rings. The van der Waals surface area contributed by atoms with Crippen molar-refractivity contribution < 1.29 is 9.53 Å². The zero-order chi connectivity index (χ0) is 13.5. The minimum Gasteiger partial charge on any atom is -0.381 e. The van der Waals surface area contributed by atoms with Gasteiger partial charge in [0.1, 0.15) is 0 Å². The summed E-state index contributed by atoms with van der Waals surface area (Å²) in [6.07, 6.45) is 2.63. The summed E-state index contributed by atoms with van der Waals surface area (Å²) < 4.78 is 5.30. The van der Waals surface area contributed by atoms with Gasteiger partial charge in [-0.3, -0.25) is 4.79 Å². The van der Waals surface area contributed by atoms with Crippen molar-refractivity contribution in [3.8, 4) is 0 Å². The molecule has 0 aromatic heterocycles. The van der Waals surface area contributed by atoms with E-state index in [0.29, 0.717) is 18.9 Å². The quantitative estimate of drug-likeness (QED) is 0.866. The fourth-order valence-corrected chi connectivity index (χ4v) is 2.29. The monoisotopic (exact) mass is 298 g/mol. The Labute approximate surface area is 126 Å². The second-order valence-corrected chi connectivity index (χ2v) is 5.10. The Kier molecular flexibility index (Phi) is 7.59. The van der Waals surface area contributed by atoms with Crippen molar-refractivity contribution in [3.05, 3.63) is 35.9 Å². The van der Waals surface area contributed by atoms with Crippen molar-refractivity contribution in [2.24, 2.45) is 11.7 Å². The highest BCUT2D eigenvalue weighted by Crippen LogP contribution is 2.13. The molecule has 4 nitrogen and oxygen atoms in total. The van der Waals surface area contributed by atoms with Crippen LogP contribution in [0.1, 0.15) is 18.4 Å². The maximum Gasteiger partial charge on any atom is 0.237 e. The number of hydrogen-bond donors (Lipinski definition) is 2. The number of carbonyl (C=O) groups is 1. The molecule has 3 N–H and O–H groups in total. The molecule has 0 aliphatic carbocycles. The van der Waals surface area contributed by atoms with Gasteiger partial charge in [0.05, 0.1) is 6.04 Å². The van der Waals surface area contributed by atoms with Crippen molar-refractivity contribution in [1.29, 1.82) is 0 Å². The van der Waals surface area contributed by atoms with Crippen molar-refractivity contribution >= 4 is 18.3 Å². The lowest BCUT2D eigenvalue weighted by atomic mass is 10.00. The lowest BCUT2D eigenvalue weighted by Crippen LogP contribution is -2.44. The first-order valence-electron chi connectivity index (χ1n) is 6.90. The zero-order valence-corrected chi connectivity index (χ0v) is 12.4. The highest BCUT2D eigenvalue weighted by Gasteiger charge is 2.17. The molecule has 1 amide bonds. The molecule has 0 unspecified atom stereocenters. The highest BCUT2D eigenvalue weighted by molar-refractivity contribution is 5.85. The van der Waals surface area contributed by atoms with Crippen LogP contribution in [0.4, 0.5) is 0 Å². The molecule has 0 radical (unpaired) electrons. The lowest BCUT2D eigenvalue weighted by molar-refractivity contribution is -0.122. The minimum absolute atomic E-state index is 0. The molecule has 1 saturated heterocycles. The van der Waals surface area contributed by atoms with Gasteiger partial charge in [0.25, 0.3) is 0 Å². The van der Waals surface area contributed by atoms with E-state index in [9.17, 15) is 4.79 Å². The number of rotatable bonds is 5. The molecule has 1 aliphatic rings. The number of benzene rings is 1. The second kappa shape index (κ2) is 8.95. The molecule has 0 saturated carbocycles. The van der Waals surface area contributed by atoms with E-state index in [4.69, 9.17) is 10.5 Å². The van der Waals surface area contributed by atoms with Gasteiger partial charge in [0.2, 0.25) is 5.91 Å². The van der Waals surface area contributed by atoms with Gasteiger partial charge in [-0.25, -0.2) is 0 Å². The zero-order valence-electron chi connectivity index (χ0n) is 11.6. The molecule has 1 aromatic carbocycles.